The summed E-state index contributed by atoms with van der Waals surface area (Å²) in [7, 11) is 0. The molecule has 1 amide bonds. The Labute approximate surface area is 232 Å². The fraction of sp³-hybridized carbons (Fsp3) is 0.0323. The van der Waals surface area contributed by atoms with Gasteiger partial charge in [0.15, 0.2) is 0 Å². The molecule has 4 aromatic carbocycles. The van der Waals surface area contributed by atoms with Crippen molar-refractivity contribution in [2.45, 2.75) is 6.92 Å². The van der Waals surface area contributed by atoms with Crippen LogP contribution in [0.5, 0.6) is 0 Å². The minimum Gasteiger partial charge on any atom is -0.361 e. The van der Waals surface area contributed by atoms with Gasteiger partial charge in [0.05, 0.1) is 26.0 Å². The minimum absolute atomic E-state index is 0.221. The van der Waals surface area contributed by atoms with E-state index in [2.05, 4.69) is 35.4 Å². The van der Waals surface area contributed by atoms with Crippen LogP contribution in [0.3, 0.4) is 0 Å². The zero-order valence-electron chi connectivity index (χ0n) is 20.8. The van der Waals surface area contributed by atoms with Crippen LogP contribution in [0.15, 0.2) is 114 Å². The van der Waals surface area contributed by atoms with Crippen molar-refractivity contribution < 1.29 is 4.79 Å². The molecule has 0 radical (unpaired) electrons. The van der Waals surface area contributed by atoms with Crippen LogP contribution in [0.1, 0.15) is 11.1 Å². The number of nitrogens with one attached hydrogen (secondary N) is 1. The summed E-state index contributed by atoms with van der Waals surface area (Å²) in [4.78, 5) is 23.0. The highest BCUT2D eigenvalue weighted by Gasteiger charge is 2.34. The van der Waals surface area contributed by atoms with E-state index in [9.17, 15) is 4.79 Å². The maximum Gasteiger partial charge on any atom is 0.284 e. The fourth-order valence-electron chi connectivity index (χ4n) is 4.45. The first-order valence-electron chi connectivity index (χ1n) is 12.4. The van der Waals surface area contributed by atoms with E-state index in [0.29, 0.717) is 16.4 Å². The molecule has 39 heavy (non-hydrogen) atoms. The number of hydrogen-bond acceptors (Lipinski definition) is 7. The highest BCUT2D eigenvalue weighted by atomic mass is 32.1. The SMILES string of the molecule is Cc1ccc2nc(-c3ccc(NC=C4C(=O)N(c5nc6ccccc6s5)N=C4c4ccccc4)cc3)sc2c1. The normalized spacial score (nSPS) is 14.5. The second kappa shape index (κ2) is 9.58. The summed E-state index contributed by atoms with van der Waals surface area (Å²) in [5.41, 5.74) is 6.95. The van der Waals surface area contributed by atoms with Gasteiger partial charge in [-0.25, -0.2) is 9.97 Å². The molecule has 0 bridgehead atoms. The van der Waals surface area contributed by atoms with E-state index in [1.165, 1.54) is 26.6 Å². The highest BCUT2D eigenvalue weighted by Crippen LogP contribution is 2.34. The number of rotatable bonds is 5. The van der Waals surface area contributed by atoms with Crippen molar-refractivity contribution in [3.05, 3.63) is 120 Å². The zero-order valence-corrected chi connectivity index (χ0v) is 22.5. The lowest BCUT2D eigenvalue weighted by Crippen LogP contribution is -2.21. The van der Waals surface area contributed by atoms with E-state index in [1.807, 2.05) is 78.9 Å². The van der Waals surface area contributed by atoms with Gasteiger partial charge in [-0.15, -0.1) is 11.3 Å². The van der Waals surface area contributed by atoms with Gasteiger partial charge in [0, 0.05) is 23.0 Å². The van der Waals surface area contributed by atoms with Crippen molar-refractivity contribution in [1.82, 2.24) is 9.97 Å². The Bertz CT molecular complexity index is 1890. The number of aromatic nitrogens is 2. The summed E-state index contributed by atoms with van der Waals surface area (Å²) in [6.07, 6.45) is 1.73. The molecule has 0 saturated heterocycles. The van der Waals surface area contributed by atoms with Gasteiger partial charge in [-0.3, -0.25) is 4.79 Å². The quantitative estimate of drug-likeness (QED) is 0.227. The minimum atomic E-state index is -0.221. The number of thiazole rings is 2. The zero-order chi connectivity index (χ0) is 26.3. The molecule has 0 fully saturated rings. The van der Waals surface area contributed by atoms with E-state index < -0.39 is 0 Å². The molecule has 6 aromatic rings. The fourth-order valence-corrected chi connectivity index (χ4v) is 6.44. The first-order valence-corrected chi connectivity index (χ1v) is 14.0. The maximum absolute atomic E-state index is 13.6. The van der Waals surface area contributed by atoms with Crippen molar-refractivity contribution in [2.75, 3.05) is 10.3 Å². The van der Waals surface area contributed by atoms with E-state index >= 15 is 0 Å². The summed E-state index contributed by atoms with van der Waals surface area (Å²) in [6.45, 7) is 2.09. The molecule has 6 nitrogen and oxygen atoms in total. The van der Waals surface area contributed by atoms with Crippen molar-refractivity contribution in [2.24, 2.45) is 5.10 Å². The van der Waals surface area contributed by atoms with E-state index in [1.54, 1.807) is 17.5 Å². The number of carbonyl (C=O) groups is 1. The molecule has 0 unspecified atom stereocenters. The Balaban J connectivity index is 1.18. The first-order chi connectivity index (χ1) is 19.1. The van der Waals surface area contributed by atoms with Crippen LogP contribution in [0.2, 0.25) is 0 Å². The average Bonchev–Trinajstić information content (AvgIpc) is 3.67. The third kappa shape index (κ3) is 4.39. The number of hydrogen-bond donors (Lipinski definition) is 1. The number of hydrazone groups is 1. The number of benzene rings is 4. The van der Waals surface area contributed by atoms with Crippen LogP contribution in [-0.4, -0.2) is 21.6 Å². The average molecular weight is 544 g/mol. The molecule has 188 valence electrons. The van der Waals surface area contributed by atoms with Crippen LogP contribution in [0, 0.1) is 6.92 Å². The van der Waals surface area contributed by atoms with E-state index in [4.69, 9.17) is 10.1 Å². The van der Waals surface area contributed by atoms with Gasteiger partial charge in [-0.05, 0) is 61.0 Å². The summed E-state index contributed by atoms with van der Waals surface area (Å²) >= 11 is 3.14. The predicted octanol–water partition coefficient (Wildman–Crippen LogP) is 7.63. The largest absolute Gasteiger partial charge is 0.361 e. The van der Waals surface area contributed by atoms with Gasteiger partial charge >= 0.3 is 0 Å². The Morgan fingerprint density at radius 3 is 2.36 bits per heavy atom. The number of aryl methyl sites for hydroxylation is 1. The van der Waals surface area contributed by atoms with Crippen molar-refractivity contribution in [1.29, 1.82) is 0 Å². The topological polar surface area (TPSA) is 70.5 Å². The van der Waals surface area contributed by atoms with Gasteiger partial charge < -0.3 is 5.32 Å². The Kier molecular flexibility index (Phi) is 5.76. The standard InChI is InChI=1S/C31H21N5OS2/c1-19-11-16-25-27(17-19)38-29(33-25)21-12-14-22(15-13-21)32-18-23-28(20-7-3-2-4-8-20)35-36(30(23)37)31-34-24-9-5-6-10-26(24)39-31/h2-18,32H,1H3. The van der Waals surface area contributed by atoms with Gasteiger partial charge in [-0.2, -0.15) is 10.1 Å². The second-order valence-electron chi connectivity index (χ2n) is 9.17. The third-order valence-electron chi connectivity index (χ3n) is 6.45. The molecule has 1 aliphatic heterocycles. The van der Waals surface area contributed by atoms with E-state index in [-0.39, 0.29) is 5.91 Å². The molecule has 1 aliphatic rings. The Morgan fingerprint density at radius 1 is 0.769 bits per heavy atom. The lowest BCUT2D eigenvalue weighted by atomic mass is 10.0. The van der Waals surface area contributed by atoms with Crippen molar-refractivity contribution >= 4 is 65.5 Å². The van der Waals surface area contributed by atoms with Gasteiger partial charge in [-0.1, -0.05) is 59.9 Å². The van der Waals surface area contributed by atoms with Crippen LogP contribution in [-0.2, 0) is 4.79 Å². The molecule has 0 atom stereocenters. The first kappa shape index (κ1) is 23.5. The highest BCUT2D eigenvalue weighted by molar-refractivity contribution is 7.22. The predicted molar refractivity (Wildman–Crippen MR) is 162 cm³/mol. The molecule has 0 aliphatic carbocycles. The maximum atomic E-state index is 13.6. The Morgan fingerprint density at radius 2 is 1.54 bits per heavy atom. The summed E-state index contributed by atoms with van der Waals surface area (Å²) < 4.78 is 2.19. The summed E-state index contributed by atoms with van der Waals surface area (Å²) in [6, 6.07) is 32.0. The van der Waals surface area contributed by atoms with Crippen molar-refractivity contribution in [3.63, 3.8) is 0 Å². The van der Waals surface area contributed by atoms with Crippen LogP contribution in [0.4, 0.5) is 10.8 Å². The monoisotopic (exact) mass is 543 g/mol. The summed E-state index contributed by atoms with van der Waals surface area (Å²) in [5, 5.41) is 10.9. The number of nitrogens with zero attached hydrogens (tertiary/aromatic N) is 4. The smallest absolute Gasteiger partial charge is 0.284 e. The lowest BCUT2D eigenvalue weighted by molar-refractivity contribution is -0.114. The number of carbonyl (C=O) groups excluding carboxylic acids is 1. The molecule has 3 heterocycles. The molecule has 8 heteroatoms. The van der Waals surface area contributed by atoms with Crippen molar-refractivity contribution in [3.8, 4) is 10.6 Å². The van der Waals surface area contributed by atoms with Gasteiger partial charge in [0.2, 0.25) is 5.13 Å². The van der Waals surface area contributed by atoms with Gasteiger partial charge in [0.1, 0.15) is 10.7 Å². The van der Waals surface area contributed by atoms with Gasteiger partial charge in [0.25, 0.3) is 5.91 Å². The van der Waals surface area contributed by atoms with Crippen LogP contribution in [0.25, 0.3) is 31.0 Å². The molecule has 0 saturated carbocycles. The molecule has 7 rings (SSSR count). The van der Waals surface area contributed by atoms with Crippen LogP contribution >= 0.6 is 22.7 Å². The number of fused-ring (bicyclic) bond motifs is 2. The Hall–Kier alpha value is -4.66. The number of anilines is 2. The van der Waals surface area contributed by atoms with Crippen LogP contribution < -0.4 is 10.3 Å². The molecular weight excluding hydrogens is 523 g/mol. The molecule has 2 aromatic heterocycles. The summed E-state index contributed by atoms with van der Waals surface area (Å²) in [5.74, 6) is -0.221. The third-order valence-corrected chi connectivity index (χ3v) is 8.53. The second-order valence-corrected chi connectivity index (χ2v) is 11.2. The molecule has 1 N–H and O–H groups in total. The number of amides is 1. The molecular formula is C31H21N5OS2. The molecule has 0 spiro atoms. The number of para-hydroxylation sites is 1. The van der Waals surface area contributed by atoms with E-state index in [0.717, 1.165) is 37.6 Å². The lowest BCUT2D eigenvalue weighted by Gasteiger charge is -2.07.